The van der Waals surface area contributed by atoms with Crippen LogP contribution in [0.3, 0.4) is 0 Å². The number of hydrogen-bond donors (Lipinski definition) is 0. The topological polar surface area (TPSA) is 73.7 Å². The van der Waals surface area contributed by atoms with Gasteiger partial charge in [0.05, 0.1) is 25.9 Å². The van der Waals surface area contributed by atoms with Crippen LogP contribution >= 0.6 is 0 Å². The number of nitrogens with zero attached hydrogens (tertiary/aromatic N) is 3. The van der Waals surface area contributed by atoms with E-state index in [-0.39, 0.29) is 12.2 Å². The van der Waals surface area contributed by atoms with Crippen molar-refractivity contribution in [2.75, 3.05) is 18.1 Å². The van der Waals surface area contributed by atoms with Gasteiger partial charge in [-0.15, -0.1) is 0 Å². The number of esters is 1. The minimum atomic E-state index is -0.589. The molecule has 1 amide bonds. The van der Waals surface area contributed by atoms with Crippen LogP contribution < -0.4 is 4.90 Å². The molecular weight excluding hydrogens is 262 g/mol. The number of ether oxygens (including phenoxy) is 2. The summed E-state index contributed by atoms with van der Waals surface area (Å²) in [6.07, 6.45) is 0.937. The largest absolute Gasteiger partial charge is 0.462 e. The number of rotatable bonds is 2. The predicted molar refractivity (Wildman–Crippen MR) is 71.8 cm³/mol. The van der Waals surface area contributed by atoms with E-state index >= 15 is 0 Å². The molecule has 0 unspecified atom stereocenters. The third kappa shape index (κ3) is 2.76. The summed E-state index contributed by atoms with van der Waals surface area (Å²) in [6.45, 7) is 8.36. The zero-order chi connectivity index (χ0) is 14.9. The molecule has 0 fully saturated rings. The fraction of sp³-hybridized carbons (Fsp3) is 0.615. The molecule has 1 aliphatic heterocycles. The van der Waals surface area contributed by atoms with Crippen molar-refractivity contribution >= 4 is 17.9 Å². The smallest absolute Gasteiger partial charge is 0.416 e. The van der Waals surface area contributed by atoms with Gasteiger partial charge in [-0.1, -0.05) is 0 Å². The van der Waals surface area contributed by atoms with E-state index in [2.05, 4.69) is 5.10 Å². The maximum Gasteiger partial charge on any atom is 0.416 e. The summed E-state index contributed by atoms with van der Waals surface area (Å²) < 4.78 is 11.9. The Morgan fingerprint density at radius 2 is 2.05 bits per heavy atom. The van der Waals surface area contributed by atoms with Crippen molar-refractivity contribution in [1.29, 1.82) is 0 Å². The third-order valence-corrected chi connectivity index (χ3v) is 2.71. The van der Waals surface area contributed by atoms with Crippen LogP contribution in [-0.2, 0) is 16.0 Å². The Morgan fingerprint density at radius 1 is 1.35 bits per heavy atom. The van der Waals surface area contributed by atoms with Crippen molar-refractivity contribution in [3.63, 3.8) is 0 Å². The Morgan fingerprint density at radius 3 is 2.65 bits per heavy atom. The molecule has 0 spiro atoms. The van der Waals surface area contributed by atoms with Crippen molar-refractivity contribution in [1.82, 2.24) is 9.78 Å². The predicted octanol–water partition coefficient (Wildman–Crippen LogP) is 1.81. The van der Waals surface area contributed by atoms with Gasteiger partial charge in [-0.25, -0.2) is 14.3 Å². The highest BCUT2D eigenvalue weighted by Crippen LogP contribution is 2.28. The average Bonchev–Trinajstić information content (AvgIpc) is 2.86. The molecular formula is C13H19N3O4. The minimum Gasteiger partial charge on any atom is -0.462 e. The summed E-state index contributed by atoms with van der Waals surface area (Å²) in [5.41, 5.74) is -0.301. The van der Waals surface area contributed by atoms with Crippen LogP contribution in [-0.4, -0.2) is 40.6 Å². The van der Waals surface area contributed by atoms with Gasteiger partial charge in [0, 0.05) is 0 Å². The normalized spacial score (nSPS) is 14.1. The molecule has 0 saturated carbocycles. The second-order valence-electron chi connectivity index (χ2n) is 5.46. The average molecular weight is 281 g/mol. The Bertz CT molecular complexity index is 530. The second-order valence-corrected chi connectivity index (χ2v) is 5.46. The van der Waals surface area contributed by atoms with Crippen LogP contribution in [0.5, 0.6) is 0 Å². The van der Waals surface area contributed by atoms with E-state index in [4.69, 9.17) is 9.47 Å². The number of fused-ring (bicyclic) bond motifs is 1. The van der Waals surface area contributed by atoms with Gasteiger partial charge < -0.3 is 9.47 Å². The first-order valence-corrected chi connectivity index (χ1v) is 6.57. The number of carbonyl (C=O) groups is 2. The monoisotopic (exact) mass is 281 g/mol. The van der Waals surface area contributed by atoms with Crippen LogP contribution in [0.1, 0.15) is 38.1 Å². The lowest BCUT2D eigenvalue weighted by Crippen LogP contribution is -2.36. The Balaban J connectivity index is 2.25. The fourth-order valence-corrected chi connectivity index (χ4v) is 1.98. The quantitative estimate of drug-likeness (QED) is 0.773. The van der Waals surface area contributed by atoms with Crippen LogP contribution in [0.2, 0.25) is 0 Å². The van der Waals surface area contributed by atoms with Crippen LogP contribution in [0.15, 0.2) is 6.20 Å². The van der Waals surface area contributed by atoms with E-state index in [0.717, 1.165) is 0 Å². The van der Waals surface area contributed by atoms with E-state index < -0.39 is 17.7 Å². The maximum absolute atomic E-state index is 12.2. The highest BCUT2D eigenvalue weighted by atomic mass is 16.6. The maximum atomic E-state index is 12.2. The zero-order valence-electron chi connectivity index (χ0n) is 12.2. The summed E-state index contributed by atoms with van der Waals surface area (Å²) in [6, 6.07) is 0. The molecule has 2 rings (SSSR count). The Labute approximate surface area is 117 Å². The molecule has 0 bridgehead atoms. The van der Waals surface area contributed by atoms with Crippen LogP contribution in [0.4, 0.5) is 10.6 Å². The molecule has 0 saturated heterocycles. The van der Waals surface area contributed by atoms with E-state index in [9.17, 15) is 9.59 Å². The van der Waals surface area contributed by atoms with Crippen LogP contribution in [0, 0.1) is 0 Å². The lowest BCUT2D eigenvalue weighted by Gasteiger charge is -2.24. The molecule has 0 N–H and O–H groups in total. The molecule has 1 aromatic rings. The Kier molecular flexibility index (Phi) is 3.69. The van der Waals surface area contributed by atoms with Gasteiger partial charge in [-0.2, -0.15) is 5.10 Å². The van der Waals surface area contributed by atoms with Crippen LogP contribution in [0.25, 0.3) is 0 Å². The SMILES string of the molecule is CCOC(=O)c1cnn2c1N(C(=O)OC(C)(C)C)CC2. The molecule has 0 aromatic carbocycles. The minimum absolute atomic E-state index is 0.274. The standard InChI is InChI=1S/C13H19N3O4/c1-5-19-11(17)9-8-14-16-7-6-15(10(9)16)12(18)20-13(2,3)4/h8H,5-7H2,1-4H3. The number of carbonyl (C=O) groups excluding carboxylic acids is 2. The molecule has 1 aliphatic rings. The molecule has 1 aromatic heterocycles. The van der Waals surface area contributed by atoms with Crippen molar-refractivity contribution in [2.24, 2.45) is 0 Å². The van der Waals surface area contributed by atoms with Gasteiger partial charge >= 0.3 is 12.1 Å². The van der Waals surface area contributed by atoms with Gasteiger partial charge in [0.2, 0.25) is 0 Å². The summed E-state index contributed by atoms with van der Waals surface area (Å²) in [7, 11) is 0. The molecule has 110 valence electrons. The van der Waals surface area contributed by atoms with Crippen molar-refractivity contribution in [2.45, 2.75) is 39.8 Å². The summed E-state index contributed by atoms with van der Waals surface area (Å²) in [4.78, 5) is 25.5. The molecule has 2 heterocycles. The lowest BCUT2D eigenvalue weighted by molar-refractivity contribution is 0.0527. The lowest BCUT2D eigenvalue weighted by atomic mass is 10.2. The summed E-state index contributed by atoms with van der Waals surface area (Å²) >= 11 is 0. The first kappa shape index (κ1) is 14.4. The van der Waals surface area contributed by atoms with Gasteiger partial charge in [0.15, 0.2) is 5.82 Å². The molecule has 0 aliphatic carbocycles. The number of anilines is 1. The molecule has 0 atom stereocenters. The second kappa shape index (κ2) is 5.15. The summed E-state index contributed by atoms with van der Waals surface area (Å²) in [5, 5.41) is 4.10. The van der Waals surface area contributed by atoms with E-state index in [1.165, 1.54) is 11.1 Å². The highest BCUT2D eigenvalue weighted by molar-refractivity contribution is 6.00. The van der Waals surface area contributed by atoms with Gasteiger partial charge in [-0.3, -0.25) is 4.90 Å². The molecule has 7 nitrogen and oxygen atoms in total. The van der Waals surface area contributed by atoms with E-state index in [0.29, 0.717) is 18.9 Å². The highest BCUT2D eigenvalue weighted by Gasteiger charge is 2.34. The molecule has 20 heavy (non-hydrogen) atoms. The van der Waals surface area contributed by atoms with Gasteiger partial charge in [0.25, 0.3) is 0 Å². The Hall–Kier alpha value is -2.05. The van der Waals surface area contributed by atoms with E-state index in [1.807, 2.05) is 0 Å². The van der Waals surface area contributed by atoms with Gasteiger partial charge in [-0.05, 0) is 27.7 Å². The first-order chi connectivity index (χ1) is 9.33. The molecule has 0 radical (unpaired) electrons. The van der Waals surface area contributed by atoms with Crippen molar-refractivity contribution in [3.8, 4) is 0 Å². The number of hydrogen-bond acceptors (Lipinski definition) is 5. The van der Waals surface area contributed by atoms with Crippen molar-refractivity contribution < 1.29 is 19.1 Å². The summed E-state index contributed by atoms with van der Waals surface area (Å²) in [5.74, 6) is -0.0399. The number of aromatic nitrogens is 2. The number of amides is 1. The van der Waals surface area contributed by atoms with Crippen molar-refractivity contribution in [3.05, 3.63) is 11.8 Å². The third-order valence-electron chi connectivity index (χ3n) is 2.71. The first-order valence-electron chi connectivity index (χ1n) is 6.57. The molecule has 7 heteroatoms. The van der Waals surface area contributed by atoms with E-state index in [1.54, 1.807) is 32.4 Å². The zero-order valence-corrected chi connectivity index (χ0v) is 12.2. The van der Waals surface area contributed by atoms with Gasteiger partial charge in [0.1, 0.15) is 11.2 Å². The fourth-order valence-electron chi connectivity index (χ4n) is 1.98.